The number of nitrogens with one attached hydrogen (secondary N) is 2. The summed E-state index contributed by atoms with van der Waals surface area (Å²) in [5.41, 5.74) is 2.12. The number of hydrogen-bond donors (Lipinski definition) is 2. The zero-order valence-corrected chi connectivity index (χ0v) is 18.0. The number of anilines is 1. The van der Waals surface area contributed by atoms with Gasteiger partial charge >= 0.3 is 0 Å². The lowest BCUT2D eigenvalue weighted by molar-refractivity contribution is -0.120. The second-order valence-electron chi connectivity index (χ2n) is 6.52. The molecule has 0 aliphatic carbocycles. The molecule has 148 valence electrons. The van der Waals surface area contributed by atoms with Crippen molar-refractivity contribution in [3.63, 3.8) is 0 Å². The van der Waals surface area contributed by atoms with Crippen molar-refractivity contribution in [2.75, 3.05) is 4.72 Å². The van der Waals surface area contributed by atoms with Crippen LogP contribution in [0.25, 0.3) is 0 Å². The summed E-state index contributed by atoms with van der Waals surface area (Å²) in [6.45, 7) is 4.58. The van der Waals surface area contributed by atoms with E-state index in [9.17, 15) is 13.2 Å². The molecule has 0 aliphatic heterocycles. The molecule has 1 aromatic carbocycles. The highest BCUT2D eigenvalue weighted by Crippen LogP contribution is 2.21. The summed E-state index contributed by atoms with van der Waals surface area (Å²) in [4.78, 5) is 16.6. The van der Waals surface area contributed by atoms with Crippen LogP contribution < -0.4 is 10.0 Å². The zero-order valence-electron chi connectivity index (χ0n) is 15.5. The second kappa shape index (κ2) is 8.85. The van der Waals surface area contributed by atoms with Gasteiger partial charge in [-0.05, 0) is 29.1 Å². The molecular weight excluding hydrogens is 414 g/mol. The van der Waals surface area contributed by atoms with Gasteiger partial charge in [-0.25, -0.2) is 13.4 Å². The number of thiazole rings is 1. The quantitative estimate of drug-likeness (QED) is 0.560. The molecule has 2 heterocycles. The molecule has 0 bridgehead atoms. The maximum atomic E-state index is 12.2. The molecule has 0 radical (unpaired) electrons. The Kier molecular flexibility index (Phi) is 6.48. The number of thiophene rings is 1. The standard InChI is InChI=1S/C19H21N3O3S3/c1-13(2)19-21-16(12-27-19)11-20-17(23)10-14-5-7-15(8-6-14)22-28(24,25)18-4-3-9-26-18/h3-9,12-13,22H,10-11H2,1-2H3,(H,20,23). The van der Waals surface area contributed by atoms with E-state index in [1.807, 2.05) is 5.38 Å². The molecule has 0 spiro atoms. The summed E-state index contributed by atoms with van der Waals surface area (Å²) in [6.07, 6.45) is 0.221. The summed E-state index contributed by atoms with van der Waals surface area (Å²) >= 11 is 2.76. The Morgan fingerprint density at radius 3 is 2.50 bits per heavy atom. The number of nitrogens with zero attached hydrogens (tertiary/aromatic N) is 1. The lowest BCUT2D eigenvalue weighted by Crippen LogP contribution is -2.24. The summed E-state index contributed by atoms with van der Waals surface area (Å²) in [5, 5.41) is 7.60. The van der Waals surface area contributed by atoms with E-state index < -0.39 is 10.0 Å². The van der Waals surface area contributed by atoms with Crippen molar-refractivity contribution in [1.82, 2.24) is 10.3 Å². The van der Waals surface area contributed by atoms with Gasteiger partial charge < -0.3 is 5.32 Å². The lowest BCUT2D eigenvalue weighted by atomic mass is 10.1. The van der Waals surface area contributed by atoms with Crippen molar-refractivity contribution in [1.29, 1.82) is 0 Å². The Labute approximate surface area is 172 Å². The number of carbonyl (C=O) groups is 1. The maximum absolute atomic E-state index is 12.2. The molecule has 0 saturated carbocycles. The highest BCUT2D eigenvalue weighted by atomic mass is 32.2. The maximum Gasteiger partial charge on any atom is 0.271 e. The van der Waals surface area contributed by atoms with Crippen molar-refractivity contribution in [3.8, 4) is 0 Å². The van der Waals surface area contributed by atoms with Gasteiger partial charge in [0.25, 0.3) is 10.0 Å². The second-order valence-corrected chi connectivity index (χ2v) is 10.3. The molecule has 0 aliphatic rings. The Bertz CT molecular complexity index is 1020. The molecule has 2 aromatic heterocycles. The van der Waals surface area contributed by atoms with E-state index in [-0.39, 0.29) is 16.5 Å². The Morgan fingerprint density at radius 2 is 1.89 bits per heavy atom. The number of benzene rings is 1. The van der Waals surface area contributed by atoms with Gasteiger partial charge in [0, 0.05) is 17.0 Å². The number of amides is 1. The van der Waals surface area contributed by atoms with Crippen LogP contribution in [0.4, 0.5) is 5.69 Å². The predicted molar refractivity (Wildman–Crippen MR) is 113 cm³/mol. The lowest BCUT2D eigenvalue weighted by Gasteiger charge is -2.08. The topological polar surface area (TPSA) is 88.2 Å². The van der Waals surface area contributed by atoms with E-state index in [1.54, 1.807) is 53.1 Å². The van der Waals surface area contributed by atoms with Crippen molar-refractivity contribution < 1.29 is 13.2 Å². The first kappa shape index (κ1) is 20.5. The van der Waals surface area contributed by atoms with E-state index in [0.717, 1.165) is 27.6 Å². The number of aromatic nitrogens is 1. The highest BCUT2D eigenvalue weighted by molar-refractivity contribution is 7.94. The van der Waals surface area contributed by atoms with Gasteiger partial charge in [-0.3, -0.25) is 9.52 Å². The molecule has 0 unspecified atom stereocenters. The largest absolute Gasteiger partial charge is 0.350 e. The van der Waals surface area contributed by atoms with E-state index in [4.69, 9.17) is 0 Å². The van der Waals surface area contributed by atoms with E-state index >= 15 is 0 Å². The van der Waals surface area contributed by atoms with Crippen LogP contribution in [0.5, 0.6) is 0 Å². The van der Waals surface area contributed by atoms with Crippen LogP contribution in [-0.4, -0.2) is 19.3 Å². The van der Waals surface area contributed by atoms with Crippen molar-refractivity contribution in [2.45, 2.75) is 36.9 Å². The Balaban J connectivity index is 1.52. The summed E-state index contributed by atoms with van der Waals surface area (Å²) < 4.78 is 27.2. The molecule has 2 N–H and O–H groups in total. The molecule has 1 amide bonds. The average Bonchev–Trinajstić information content (AvgIpc) is 3.34. The Hall–Kier alpha value is -2.23. The third-order valence-electron chi connectivity index (χ3n) is 3.86. The molecule has 28 heavy (non-hydrogen) atoms. The van der Waals surface area contributed by atoms with Gasteiger partial charge in [0.15, 0.2) is 0 Å². The Morgan fingerprint density at radius 1 is 1.14 bits per heavy atom. The van der Waals surface area contributed by atoms with E-state index in [0.29, 0.717) is 18.2 Å². The molecule has 6 nitrogen and oxygen atoms in total. The van der Waals surface area contributed by atoms with Crippen LogP contribution in [0.15, 0.2) is 51.4 Å². The zero-order chi connectivity index (χ0) is 20.1. The van der Waals surface area contributed by atoms with Crippen LogP contribution >= 0.6 is 22.7 Å². The first-order chi connectivity index (χ1) is 13.3. The van der Waals surface area contributed by atoms with E-state index in [1.165, 1.54) is 0 Å². The first-order valence-electron chi connectivity index (χ1n) is 8.70. The third-order valence-corrected chi connectivity index (χ3v) is 7.83. The SMILES string of the molecule is CC(C)c1nc(CNC(=O)Cc2ccc(NS(=O)(=O)c3cccs3)cc2)cs1. The molecule has 9 heteroatoms. The van der Waals surface area contributed by atoms with E-state index in [2.05, 4.69) is 28.9 Å². The number of rotatable bonds is 8. The van der Waals surface area contributed by atoms with Crippen molar-refractivity contribution in [3.05, 3.63) is 63.4 Å². The average molecular weight is 436 g/mol. The van der Waals surface area contributed by atoms with Crippen molar-refractivity contribution >= 4 is 44.3 Å². The molecule has 0 saturated heterocycles. The van der Waals surface area contributed by atoms with Gasteiger partial charge in [0.05, 0.1) is 23.7 Å². The smallest absolute Gasteiger partial charge is 0.271 e. The fourth-order valence-corrected chi connectivity index (χ4v) is 5.30. The minimum atomic E-state index is -3.57. The molecule has 3 rings (SSSR count). The molecule has 0 atom stereocenters. The summed E-state index contributed by atoms with van der Waals surface area (Å²) in [5.74, 6) is 0.274. The minimum Gasteiger partial charge on any atom is -0.350 e. The number of carbonyl (C=O) groups excluding carboxylic acids is 1. The first-order valence-corrected chi connectivity index (χ1v) is 11.9. The fourth-order valence-electron chi connectivity index (χ4n) is 2.42. The van der Waals surface area contributed by atoms with Crippen LogP contribution in [0.1, 0.15) is 36.0 Å². The summed E-state index contributed by atoms with van der Waals surface area (Å²) in [7, 11) is -3.57. The number of hydrogen-bond acceptors (Lipinski definition) is 6. The fraction of sp³-hybridized carbons (Fsp3) is 0.263. The highest BCUT2D eigenvalue weighted by Gasteiger charge is 2.15. The van der Waals surface area contributed by atoms with Crippen LogP contribution in [0.3, 0.4) is 0 Å². The van der Waals surface area contributed by atoms with Crippen LogP contribution in [0.2, 0.25) is 0 Å². The van der Waals surface area contributed by atoms with Gasteiger partial charge in [-0.1, -0.05) is 32.0 Å². The van der Waals surface area contributed by atoms with Crippen molar-refractivity contribution in [2.24, 2.45) is 0 Å². The molecule has 3 aromatic rings. The minimum absolute atomic E-state index is 0.106. The molecule has 0 fully saturated rings. The molecular formula is C19H21N3O3S3. The number of sulfonamides is 1. The third kappa shape index (κ3) is 5.40. The normalized spacial score (nSPS) is 11.5. The van der Waals surface area contributed by atoms with Crippen LogP contribution in [-0.2, 0) is 27.8 Å². The predicted octanol–water partition coefficient (Wildman–Crippen LogP) is 3.99. The van der Waals surface area contributed by atoms with Crippen LogP contribution in [0, 0.1) is 0 Å². The van der Waals surface area contributed by atoms with Gasteiger partial charge in [-0.2, -0.15) is 0 Å². The van der Waals surface area contributed by atoms with Gasteiger partial charge in [0.1, 0.15) is 4.21 Å². The van der Waals surface area contributed by atoms with Gasteiger partial charge in [0.2, 0.25) is 5.91 Å². The summed E-state index contributed by atoms with van der Waals surface area (Å²) in [6, 6.07) is 10.0. The monoisotopic (exact) mass is 435 g/mol. The van der Waals surface area contributed by atoms with Gasteiger partial charge in [-0.15, -0.1) is 22.7 Å².